The van der Waals surface area contributed by atoms with E-state index < -0.39 is 6.36 Å². The molecule has 0 aliphatic rings. The maximum Gasteiger partial charge on any atom is 0.522 e. The van der Waals surface area contributed by atoms with Crippen molar-refractivity contribution in [1.29, 1.82) is 0 Å². The molecule has 0 unspecified atom stereocenters. The van der Waals surface area contributed by atoms with Gasteiger partial charge < -0.3 is 10.4 Å². The van der Waals surface area contributed by atoms with Crippen LogP contribution in [0, 0.1) is 0 Å². The molecule has 2 N–H and O–H groups in total. The molecule has 0 spiro atoms. The van der Waals surface area contributed by atoms with Gasteiger partial charge >= 0.3 is 6.36 Å². The van der Waals surface area contributed by atoms with E-state index in [1.807, 2.05) is 0 Å². The molecule has 0 atom stereocenters. The van der Waals surface area contributed by atoms with Crippen LogP contribution in [-0.2, 0) is 4.74 Å². The molecule has 0 bridgehead atoms. The van der Waals surface area contributed by atoms with Gasteiger partial charge in [0.2, 0.25) is 0 Å². The van der Waals surface area contributed by atoms with E-state index in [2.05, 4.69) is 10.1 Å². The van der Waals surface area contributed by atoms with Crippen molar-refractivity contribution in [3.8, 4) is 0 Å². The van der Waals surface area contributed by atoms with E-state index >= 15 is 0 Å². The highest BCUT2D eigenvalue weighted by molar-refractivity contribution is 4.48. The van der Waals surface area contributed by atoms with Crippen molar-refractivity contribution in [1.82, 2.24) is 5.32 Å². The summed E-state index contributed by atoms with van der Waals surface area (Å²) in [5.74, 6) is 0. The van der Waals surface area contributed by atoms with E-state index in [0.717, 1.165) is 19.3 Å². The largest absolute Gasteiger partial charge is 0.522 e. The molecule has 0 aliphatic heterocycles. The van der Waals surface area contributed by atoms with Gasteiger partial charge in [-0.3, -0.25) is 4.74 Å². The number of nitrogens with one attached hydrogen (secondary N) is 1. The zero-order valence-electron chi connectivity index (χ0n) is 7.94. The molecule has 86 valence electrons. The minimum atomic E-state index is -4.53. The fraction of sp³-hybridized carbons (Fsp3) is 1.00. The number of aliphatic hydroxyl groups is 1. The molecule has 0 radical (unpaired) electrons. The van der Waals surface area contributed by atoms with Crippen LogP contribution >= 0.6 is 0 Å². The molecule has 6 heteroatoms. The highest BCUT2D eigenvalue weighted by Crippen LogP contribution is 2.14. The summed E-state index contributed by atoms with van der Waals surface area (Å²) in [5.41, 5.74) is 0. The summed E-state index contributed by atoms with van der Waals surface area (Å²) in [6.45, 7) is 0.653. The summed E-state index contributed by atoms with van der Waals surface area (Å²) in [5, 5.41) is 11.2. The zero-order chi connectivity index (χ0) is 10.9. The number of unbranched alkanes of at least 4 members (excludes halogenated alkanes) is 2. The Hall–Kier alpha value is -0.330. The van der Waals surface area contributed by atoms with E-state index in [0.29, 0.717) is 6.54 Å². The Labute approximate surface area is 81.2 Å². The van der Waals surface area contributed by atoms with Crippen LogP contribution in [0.1, 0.15) is 19.3 Å². The van der Waals surface area contributed by atoms with Gasteiger partial charge in [-0.05, 0) is 25.8 Å². The average molecular weight is 215 g/mol. The van der Waals surface area contributed by atoms with Crippen molar-refractivity contribution in [2.24, 2.45) is 0 Å². The lowest BCUT2D eigenvalue weighted by atomic mass is 10.2. The van der Waals surface area contributed by atoms with Gasteiger partial charge in [-0.25, -0.2) is 0 Å². The van der Waals surface area contributed by atoms with E-state index in [-0.39, 0.29) is 19.8 Å². The first kappa shape index (κ1) is 13.7. The van der Waals surface area contributed by atoms with Crippen molar-refractivity contribution in [3.05, 3.63) is 0 Å². The second-order valence-corrected chi connectivity index (χ2v) is 2.83. The Morgan fingerprint density at radius 2 is 1.79 bits per heavy atom. The lowest BCUT2D eigenvalue weighted by Gasteiger charge is -2.07. The van der Waals surface area contributed by atoms with E-state index in [9.17, 15) is 13.2 Å². The maximum absolute atomic E-state index is 11.5. The predicted molar refractivity (Wildman–Crippen MR) is 45.8 cm³/mol. The van der Waals surface area contributed by atoms with Gasteiger partial charge in [0.25, 0.3) is 0 Å². The van der Waals surface area contributed by atoms with Gasteiger partial charge in [-0.1, -0.05) is 0 Å². The number of hydrogen-bond acceptors (Lipinski definition) is 3. The minimum Gasteiger partial charge on any atom is -0.396 e. The Morgan fingerprint density at radius 3 is 2.36 bits per heavy atom. The number of ether oxygens (including phenoxy) is 1. The molecule has 0 aromatic carbocycles. The van der Waals surface area contributed by atoms with E-state index in [1.165, 1.54) is 0 Å². The van der Waals surface area contributed by atoms with Gasteiger partial charge in [0.15, 0.2) is 0 Å². The number of alkyl halides is 3. The molecular weight excluding hydrogens is 199 g/mol. The van der Waals surface area contributed by atoms with Gasteiger partial charge in [-0.15, -0.1) is 13.2 Å². The highest BCUT2D eigenvalue weighted by Gasteiger charge is 2.28. The summed E-state index contributed by atoms with van der Waals surface area (Å²) in [6, 6.07) is 0. The molecule has 14 heavy (non-hydrogen) atoms. The van der Waals surface area contributed by atoms with Crippen molar-refractivity contribution in [3.63, 3.8) is 0 Å². The molecule has 0 rings (SSSR count). The Kier molecular flexibility index (Phi) is 7.83. The molecular formula is C8H16F3NO2. The molecule has 0 saturated heterocycles. The lowest BCUT2D eigenvalue weighted by molar-refractivity contribution is -0.323. The quantitative estimate of drug-likeness (QED) is 0.599. The standard InChI is InChI=1S/C8H16F3NO2/c9-8(10,11)14-7-5-12-4-2-1-3-6-13/h12-13H,1-7H2. The van der Waals surface area contributed by atoms with Crippen LogP contribution < -0.4 is 5.32 Å². The molecule has 0 aromatic rings. The monoisotopic (exact) mass is 215 g/mol. The molecule has 0 aliphatic carbocycles. The van der Waals surface area contributed by atoms with Gasteiger partial charge in [0.1, 0.15) is 0 Å². The fourth-order valence-corrected chi connectivity index (χ4v) is 0.903. The van der Waals surface area contributed by atoms with Crippen LogP contribution in [0.25, 0.3) is 0 Å². The van der Waals surface area contributed by atoms with E-state index in [4.69, 9.17) is 5.11 Å². The SMILES string of the molecule is OCCCCCNCCOC(F)(F)F. The molecule has 3 nitrogen and oxygen atoms in total. The summed E-state index contributed by atoms with van der Waals surface area (Å²) < 4.78 is 37.9. The topological polar surface area (TPSA) is 41.5 Å². The number of rotatable bonds is 8. The Morgan fingerprint density at radius 1 is 1.07 bits per heavy atom. The van der Waals surface area contributed by atoms with E-state index in [1.54, 1.807) is 0 Å². The summed E-state index contributed by atoms with van der Waals surface area (Å²) in [4.78, 5) is 0. The Balaban J connectivity index is 2.99. The number of aliphatic hydroxyl groups excluding tert-OH is 1. The average Bonchev–Trinajstić information content (AvgIpc) is 2.08. The van der Waals surface area contributed by atoms with Crippen molar-refractivity contribution in [2.75, 3.05) is 26.3 Å². The van der Waals surface area contributed by atoms with Crippen LogP contribution in [0.5, 0.6) is 0 Å². The molecule has 0 heterocycles. The van der Waals surface area contributed by atoms with Crippen LogP contribution in [0.2, 0.25) is 0 Å². The first-order chi connectivity index (χ1) is 6.56. The fourth-order valence-electron chi connectivity index (χ4n) is 0.903. The van der Waals surface area contributed by atoms with Crippen molar-refractivity contribution >= 4 is 0 Å². The summed E-state index contributed by atoms with van der Waals surface area (Å²) in [6.07, 6.45) is -2.06. The smallest absolute Gasteiger partial charge is 0.396 e. The predicted octanol–water partition coefficient (Wildman–Crippen LogP) is 1.27. The second kappa shape index (κ2) is 8.02. The zero-order valence-corrected chi connectivity index (χ0v) is 7.94. The molecule has 0 saturated carbocycles. The van der Waals surface area contributed by atoms with Crippen LogP contribution in [0.3, 0.4) is 0 Å². The van der Waals surface area contributed by atoms with Crippen molar-refractivity contribution < 1.29 is 23.0 Å². The van der Waals surface area contributed by atoms with Gasteiger partial charge in [-0.2, -0.15) is 0 Å². The third-order valence-electron chi connectivity index (χ3n) is 1.56. The van der Waals surface area contributed by atoms with Crippen molar-refractivity contribution in [2.45, 2.75) is 25.6 Å². The normalized spacial score (nSPS) is 12.0. The minimum absolute atomic E-state index is 0.164. The maximum atomic E-state index is 11.5. The van der Waals surface area contributed by atoms with Gasteiger partial charge in [0.05, 0.1) is 6.61 Å². The highest BCUT2D eigenvalue weighted by atomic mass is 19.4. The molecule has 0 aromatic heterocycles. The molecule has 0 amide bonds. The summed E-state index contributed by atoms with van der Waals surface area (Å²) >= 11 is 0. The lowest BCUT2D eigenvalue weighted by Crippen LogP contribution is -2.24. The van der Waals surface area contributed by atoms with Crippen LogP contribution in [0.4, 0.5) is 13.2 Å². The van der Waals surface area contributed by atoms with Crippen LogP contribution in [-0.4, -0.2) is 37.8 Å². The molecule has 0 fully saturated rings. The third kappa shape index (κ3) is 11.7. The first-order valence-electron chi connectivity index (χ1n) is 4.58. The van der Waals surface area contributed by atoms with Gasteiger partial charge in [0, 0.05) is 13.2 Å². The third-order valence-corrected chi connectivity index (χ3v) is 1.56. The summed E-state index contributed by atoms with van der Waals surface area (Å²) in [7, 11) is 0. The first-order valence-corrected chi connectivity index (χ1v) is 4.58. The number of hydrogen-bond donors (Lipinski definition) is 2. The van der Waals surface area contributed by atoms with Crippen LogP contribution in [0.15, 0.2) is 0 Å². The Bertz CT molecular complexity index is 130. The number of halogens is 3. The second-order valence-electron chi connectivity index (χ2n) is 2.83.